The zero-order valence-corrected chi connectivity index (χ0v) is 21.0. The maximum absolute atomic E-state index is 13.6. The summed E-state index contributed by atoms with van der Waals surface area (Å²) in [6.45, 7) is 10.1. The number of hydrogen-bond acceptors (Lipinski definition) is 8. The number of amides is 2. The average Bonchev–Trinajstić information content (AvgIpc) is 3.48. The first-order chi connectivity index (χ1) is 16.9. The first-order valence-electron chi connectivity index (χ1n) is 12.0. The fraction of sp³-hybridized carbons (Fsp3) is 0.538. The molecular weight excluding hydrogens is 468 g/mol. The van der Waals surface area contributed by atoms with E-state index in [9.17, 15) is 24.3 Å². The van der Waals surface area contributed by atoms with Crippen LogP contribution in [0, 0.1) is 17.8 Å². The summed E-state index contributed by atoms with van der Waals surface area (Å²) in [7, 11) is 0. The van der Waals surface area contributed by atoms with Gasteiger partial charge in [0.1, 0.15) is 17.2 Å². The second-order valence-corrected chi connectivity index (χ2v) is 10.1. The van der Waals surface area contributed by atoms with Crippen molar-refractivity contribution in [3.63, 3.8) is 0 Å². The predicted molar refractivity (Wildman–Crippen MR) is 130 cm³/mol. The highest BCUT2D eigenvalue weighted by Gasteiger charge is 2.76. The van der Waals surface area contributed by atoms with Crippen LogP contribution in [0.25, 0.3) is 0 Å². The topological polar surface area (TPSA) is 140 Å². The largest absolute Gasteiger partial charge is 0.464 e. The van der Waals surface area contributed by atoms with Crippen molar-refractivity contribution < 1.29 is 39.9 Å². The molecule has 3 rings (SSSR count). The van der Waals surface area contributed by atoms with Crippen LogP contribution >= 0.6 is 0 Å². The minimum atomic E-state index is -1.66. The summed E-state index contributed by atoms with van der Waals surface area (Å²) in [6, 6.07) is 7.92. The summed E-state index contributed by atoms with van der Waals surface area (Å²) in [5, 5.41) is 16.0. The van der Waals surface area contributed by atoms with Crippen molar-refractivity contribution >= 4 is 23.9 Å². The second-order valence-electron chi connectivity index (χ2n) is 10.1. The van der Waals surface area contributed by atoms with Crippen molar-refractivity contribution in [2.24, 2.45) is 17.8 Å². The molecule has 0 aliphatic heterocycles. The van der Waals surface area contributed by atoms with Gasteiger partial charge >= 0.3 is 18.0 Å². The Bertz CT molecular complexity index is 1010. The summed E-state index contributed by atoms with van der Waals surface area (Å²) in [5.74, 6) is -4.17. The van der Waals surface area contributed by atoms with Crippen molar-refractivity contribution in [2.45, 2.75) is 63.8 Å². The van der Waals surface area contributed by atoms with Crippen LogP contribution in [0.1, 0.15) is 41.1 Å². The lowest BCUT2D eigenvalue weighted by Crippen LogP contribution is -2.62. The molecule has 1 unspecified atom stereocenters. The molecule has 36 heavy (non-hydrogen) atoms. The first-order valence-corrected chi connectivity index (χ1v) is 12.0. The number of nitrogens with one attached hydrogen (secondary N) is 2. The third-order valence-electron chi connectivity index (χ3n) is 6.37. The third kappa shape index (κ3) is 5.87. The highest BCUT2D eigenvalue weighted by Crippen LogP contribution is 2.63. The van der Waals surface area contributed by atoms with Crippen molar-refractivity contribution in [1.82, 2.24) is 10.6 Å². The van der Waals surface area contributed by atoms with Crippen LogP contribution in [-0.2, 0) is 35.0 Å². The number of benzene rings is 1. The Kier molecular flexibility index (Phi) is 8.08. The summed E-state index contributed by atoms with van der Waals surface area (Å²) < 4.78 is 15.5. The molecule has 0 spiro atoms. The molecule has 1 aromatic rings. The van der Waals surface area contributed by atoms with Crippen LogP contribution in [-0.4, -0.2) is 58.9 Å². The molecule has 10 nitrogen and oxygen atoms in total. The molecule has 2 fully saturated rings. The number of esters is 2. The molecule has 2 aliphatic rings. The fourth-order valence-corrected chi connectivity index (χ4v) is 5.00. The van der Waals surface area contributed by atoms with Crippen LogP contribution in [0.2, 0.25) is 0 Å². The van der Waals surface area contributed by atoms with E-state index in [1.54, 1.807) is 52.0 Å². The highest BCUT2D eigenvalue weighted by atomic mass is 16.6. The van der Waals surface area contributed by atoms with Crippen molar-refractivity contribution in [3.8, 4) is 0 Å². The predicted octanol–water partition coefficient (Wildman–Crippen LogP) is 2.10. The number of fused-ring (bicyclic) bond motifs is 1. The van der Waals surface area contributed by atoms with E-state index in [0.717, 1.165) is 11.8 Å². The smallest absolute Gasteiger partial charge is 0.408 e. The molecule has 3 N–H and O–H groups in total. The van der Waals surface area contributed by atoms with E-state index in [-0.39, 0.29) is 20.9 Å². The summed E-state index contributed by atoms with van der Waals surface area (Å²) in [6.07, 6.45) is -0.868. The zero-order chi connectivity index (χ0) is 26.7. The molecule has 0 bridgehead atoms. The number of aliphatic hydroxyl groups excluding tert-OH is 1. The lowest BCUT2D eigenvalue weighted by molar-refractivity contribution is -0.156. The quantitative estimate of drug-likeness (QED) is 0.264. The minimum Gasteiger partial charge on any atom is -0.464 e. The summed E-state index contributed by atoms with van der Waals surface area (Å²) >= 11 is 0. The molecule has 10 heteroatoms. The SMILES string of the molecule is C=COC(=O)[C@H]1[C@H]2[C@@H]1[C@@](NC(=O)C(Cc1ccccc1)NC(=O)OC(C)(C)C)(C(=O)OCC)C[C@@H]2O.[HH]. The number of ether oxygens (including phenoxy) is 3. The fourth-order valence-electron chi connectivity index (χ4n) is 5.00. The molecule has 0 aromatic heterocycles. The molecular formula is C26H36N2O8. The van der Waals surface area contributed by atoms with Crippen LogP contribution in [0.3, 0.4) is 0 Å². The number of carbonyl (C=O) groups excluding carboxylic acids is 4. The van der Waals surface area contributed by atoms with Crippen LogP contribution in [0.15, 0.2) is 43.2 Å². The Balaban J connectivity index is 0.00000481. The molecule has 0 heterocycles. The van der Waals surface area contributed by atoms with Crippen LogP contribution in [0.4, 0.5) is 4.79 Å². The van der Waals surface area contributed by atoms with Crippen molar-refractivity contribution in [2.75, 3.05) is 6.61 Å². The van der Waals surface area contributed by atoms with Gasteiger partial charge in [0.05, 0.1) is 24.9 Å². The van der Waals surface area contributed by atoms with Gasteiger partial charge in [0.15, 0.2) is 0 Å². The van der Waals surface area contributed by atoms with E-state index in [0.29, 0.717) is 0 Å². The van der Waals surface area contributed by atoms with Gasteiger partial charge in [-0.1, -0.05) is 36.9 Å². The molecule has 198 valence electrons. The Morgan fingerprint density at radius 2 is 1.92 bits per heavy atom. The van der Waals surface area contributed by atoms with Gasteiger partial charge in [-0.25, -0.2) is 9.59 Å². The van der Waals surface area contributed by atoms with Gasteiger partial charge in [0.2, 0.25) is 5.91 Å². The van der Waals surface area contributed by atoms with Crippen LogP contribution in [0.5, 0.6) is 0 Å². The molecule has 0 saturated heterocycles. The van der Waals surface area contributed by atoms with Crippen molar-refractivity contribution in [1.29, 1.82) is 0 Å². The molecule has 2 amide bonds. The Morgan fingerprint density at radius 1 is 1.25 bits per heavy atom. The van der Waals surface area contributed by atoms with Crippen molar-refractivity contribution in [3.05, 3.63) is 48.7 Å². The van der Waals surface area contributed by atoms with Gasteiger partial charge in [0.25, 0.3) is 0 Å². The number of hydrogen-bond donors (Lipinski definition) is 3. The Morgan fingerprint density at radius 3 is 2.50 bits per heavy atom. The van der Waals surface area contributed by atoms with Gasteiger partial charge in [-0.2, -0.15) is 0 Å². The maximum Gasteiger partial charge on any atom is 0.408 e. The van der Waals surface area contributed by atoms with E-state index in [1.807, 2.05) is 6.07 Å². The second kappa shape index (κ2) is 10.7. The van der Waals surface area contributed by atoms with Gasteiger partial charge in [-0.3, -0.25) is 9.59 Å². The molecule has 2 saturated carbocycles. The van der Waals surface area contributed by atoms with Gasteiger partial charge in [0, 0.05) is 26.1 Å². The lowest BCUT2D eigenvalue weighted by atomic mass is 9.88. The van der Waals surface area contributed by atoms with E-state index in [4.69, 9.17) is 14.2 Å². The van der Waals surface area contributed by atoms with Gasteiger partial charge in [-0.05, 0) is 33.3 Å². The van der Waals surface area contributed by atoms with Crippen LogP contribution < -0.4 is 10.6 Å². The average molecular weight is 505 g/mol. The Labute approximate surface area is 211 Å². The lowest BCUT2D eigenvalue weighted by Gasteiger charge is -2.33. The normalized spacial score (nSPS) is 27.1. The minimum absolute atomic E-state index is 0. The molecule has 6 atom stereocenters. The maximum atomic E-state index is 13.6. The molecule has 0 radical (unpaired) electrons. The number of carbonyl (C=O) groups is 4. The highest BCUT2D eigenvalue weighted by molar-refractivity contribution is 5.94. The molecule has 1 aromatic carbocycles. The van der Waals surface area contributed by atoms with Gasteiger partial charge in [-0.15, -0.1) is 0 Å². The summed E-state index contributed by atoms with van der Waals surface area (Å²) in [4.78, 5) is 51.7. The monoisotopic (exact) mass is 504 g/mol. The molecule has 2 aliphatic carbocycles. The standard InChI is InChI=1S/C26H34N2O8.H2/c1-6-34-22(31)19-18-17(29)14-26(20(18)19,23(32)35-7-2)28-21(30)16(13-15-11-9-8-10-12-15)27-24(33)36-25(3,4)5;/h6,8-12,16-20,29H,1,7,13-14H2,2-5H3,(H,27,33)(H,28,30);1H/t16?,17-,18-,19-,20-,26+;/m0./s1. The van der Waals surface area contributed by atoms with Gasteiger partial charge < -0.3 is 30.0 Å². The van der Waals surface area contributed by atoms with E-state index < -0.39 is 65.0 Å². The van der Waals surface area contributed by atoms with E-state index >= 15 is 0 Å². The summed E-state index contributed by atoms with van der Waals surface area (Å²) in [5.41, 5.74) is -1.69. The number of aliphatic hydroxyl groups is 1. The number of rotatable bonds is 9. The Hall–Kier alpha value is -3.40. The zero-order valence-electron chi connectivity index (χ0n) is 21.0. The first kappa shape index (κ1) is 27.2. The van der Waals surface area contributed by atoms with E-state index in [1.165, 1.54) is 0 Å². The third-order valence-corrected chi connectivity index (χ3v) is 6.37. The van der Waals surface area contributed by atoms with E-state index in [2.05, 4.69) is 17.2 Å². The number of alkyl carbamates (subject to hydrolysis) is 1.